The topological polar surface area (TPSA) is 85.8 Å². The fourth-order valence-electron chi connectivity index (χ4n) is 2.69. The summed E-state index contributed by atoms with van der Waals surface area (Å²) in [6.07, 6.45) is 6.72. The molecular weight excluding hydrogens is 254 g/mol. The van der Waals surface area contributed by atoms with E-state index in [1.54, 1.807) is 6.92 Å². The molecule has 0 aliphatic heterocycles. The zero-order valence-electron chi connectivity index (χ0n) is 11.6. The Balaban J connectivity index is 2.09. The predicted octanol–water partition coefficient (Wildman–Crippen LogP) is 1.89. The minimum atomic E-state index is -0.511. The first-order valence-corrected chi connectivity index (χ1v) is 7.01. The van der Waals surface area contributed by atoms with E-state index in [2.05, 4.69) is 16.4 Å². The van der Waals surface area contributed by atoms with Crippen molar-refractivity contribution in [1.82, 2.24) is 10.3 Å². The molecule has 0 aromatic carbocycles. The molecule has 0 spiro atoms. The van der Waals surface area contributed by atoms with Gasteiger partial charge in [-0.1, -0.05) is 19.3 Å². The second-order valence-corrected chi connectivity index (χ2v) is 5.37. The van der Waals surface area contributed by atoms with Gasteiger partial charge in [0.1, 0.15) is 11.6 Å². The van der Waals surface area contributed by atoms with Gasteiger partial charge in [0.05, 0.1) is 6.07 Å². The third-order valence-electron chi connectivity index (χ3n) is 3.85. The number of aromatic amines is 1. The van der Waals surface area contributed by atoms with Crippen molar-refractivity contribution in [3.8, 4) is 6.07 Å². The Morgan fingerprint density at radius 1 is 1.45 bits per heavy atom. The number of hydrogen-bond donors (Lipinski definition) is 2. The summed E-state index contributed by atoms with van der Waals surface area (Å²) in [5, 5.41) is 11.9. The Morgan fingerprint density at radius 3 is 2.75 bits per heavy atom. The second-order valence-electron chi connectivity index (χ2n) is 5.37. The molecule has 1 fully saturated rings. The summed E-state index contributed by atoms with van der Waals surface area (Å²) >= 11 is 0. The van der Waals surface area contributed by atoms with Crippen molar-refractivity contribution in [2.75, 3.05) is 0 Å². The molecule has 1 amide bonds. The molecule has 1 atom stereocenters. The molecule has 1 aromatic heterocycles. The molecule has 2 N–H and O–H groups in total. The minimum Gasteiger partial charge on any atom is -0.364 e. The maximum absolute atomic E-state index is 12.1. The summed E-state index contributed by atoms with van der Waals surface area (Å²) in [6.45, 7) is 1.75. The predicted molar refractivity (Wildman–Crippen MR) is 75.2 cm³/mol. The lowest BCUT2D eigenvalue weighted by atomic mass is 9.84. The molecule has 2 rings (SSSR count). The van der Waals surface area contributed by atoms with Gasteiger partial charge < -0.3 is 10.3 Å². The van der Waals surface area contributed by atoms with Crippen molar-refractivity contribution in [2.45, 2.75) is 45.1 Å². The van der Waals surface area contributed by atoms with E-state index in [1.165, 1.54) is 18.7 Å². The Hall–Kier alpha value is -2.09. The van der Waals surface area contributed by atoms with Crippen LogP contribution in [0.15, 0.2) is 17.1 Å². The molecule has 1 aliphatic rings. The summed E-state index contributed by atoms with van der Waals surface area (Å²) in [6, 6.07) is 3.03. The number of pyridine rings is 1. The van der Waals surface area contributed by atoms with Crippen LogP contribution in [0.4, 0.5) is 0 Å². The van der Waals surface area contributed by atoms with Crippen LogP contribution in [0.3, 0.4) is 0 Å². The molecular formula is C15H19N3O2. The highest BCUT2D eigenvalue weighted by Crippen LogP contribution is 2.26. The number of nitriles is 1. The smallest absolute Gasteiger partial charge is 0.257 e. The SMILES string of the molecule is Cc1cc(=O)c(C(=O)NC(C#N)C2CCCCC2)c[nH]1. The van der Waals surface area contributed by atoms with Gasteiger partial charge in [0, 0.05) is 18.0 Å². The van der Waals surface area contributed by atoms with Crippen LogP contribution in [-0.4, -0.2) is 16.9 Å². The number of carbonyl (C=O) groups is 1. The molecule has 0 bridgehead atoms. The highest BCUT2D eigenvalue weighted by Gasteiger charge is 2.25. The van der Waals surface area contributed by atoms with E-state index in [9.17, 15) is 14.9 Å². The van der Waals surface area contributed by atoms with Crippen LogP contribution in [0, 0.1) is 24.2 Å². The Morgan fingerprint density at radius 2 is 2.15 bits per heavy atom. The summed E-state index contributed by atoms with van der Waals surface area (Å²) in [5.41, 5.74) is 0.446. The summed E-state index contributed by atoms with van der Waals surface area (Å²) in [7, 11) is 0. The maximum Gasteiger partial charge on any atom is 0.257 e. The zero-order valence-corrected chi connectivity index (χ0v) is 11.6. The van der Waals surface area contributed by atoms with E-state index >= 15 is 0 Å². The van der Waals surface area contributed by atoms with Crippen molar-refractivity contribution < 1.29 is 4.79 Å². The number of H-pyrrole nitrogens is 1. The fraction of sp³-hybridized carbons (Fsp3) is 0.533. The van der Waals surface area contributed by atoms with Crippen molar-refractivity contribution in [1.29, 1.82) is 5.26 Å². The average molecular weight is 273 g/mol. The molecule has 1 aromatic rings. The number of amides is 1. The van der Waals surface area contributed by atoms with Crippen LogP contribution in [-0.2, 0) is 0 Å². The number of aromatic nitrogens is 1. The fourth-order valence-corrected chi connectivity index (χ4v) is 2.69. The van der Waals surface area contributed by atoms with Gasteiger partial charge in [-0.15, -0.1) is 0 Å². The third-order valence-corrected chi connectivity index (χ3v) is 3.85. The highest BCUT2D eigenvalue weighted by atomic mass is 16.2. The van der Waals surface area contributed by atoms with E-state index in [4.69, 9.17) is 0 Å². The normalized spacial score (nSPS) is 17.2. The molecule has 0 saturated heterocycles. The van der Waals surface area contributed by atoms with Crippen molar-refractivity contribution in [2.24, 2.45) is 5.92 Å². The van der Waals surface area contributed by atoms with Crippen molar-refractivity contribution in [3.63, 3.8) is 0 Å². The maximum atomic E-state index is 12.1. The van der Waals surface area contributed by atoms with E-state index in [1.807, 2.05) is 0 Å². The monoisotopic (exact) mass is 273 g/mol. The molecule has 1 saturated carbocycles. The number of nitrogens with one attached hydrogen (secondary N) is 2. The number of hydrogen-bond acceptors (Lipinski definition) is 3. The van der Waals surface area contributed by atoms with E-state index in [0.29, 0.717) is 5.69 Å². The standard InChI is InChI=1S/C15H19N3O2/c1-10-7-14(19)12(9-17-10)15(20)18-13(8-16)11-5-3-2-4-6-11/h7,9,11,13H,2-6H2,1H3,(H,17,19)(H,18,20). The van der Waals surface area contributed by atoms with Crippen LogP contribution in [0.1, 0.15) is 48.2 Å². The molecule has 0 radical (unpaired) electrons. The van der Waals surface area contributed by atoms with Gasteiger partial charge in [-0.05, 0) is 25.7 Å². The van der Waals surface area contributed by atoms with Crippen LogP contribution in [0.2, 0.25) is 0 Å². The number of aryl methyl sites for hydroxylation is 1. The second kappa shape index (κ2) is 6.38. The number of carbonyl (C=O) groups excluding carboxylic acids is 1. The summed E-state index contributed by atoms with van der Waals surface area (Å²) in [4.78, 5) is 26.7. The van der Waals surface area contributed by atoms with Gasteiger partial charge in [-0.3, -0.25) is 9.59 Å². The zero-order chi connectivity index (χ0) is 14.5. The number of rotatable bonds is 3. The van der Waals surface area contributed by atoms with Gasteiger partial charge in [0.2, 0.25) is 0 Å². The van der Waals surface area contributed by atoms with E-state index in [0.717, 1.165) is 25.7 Å². The van der Waals surface area contributed by atoms with Gasteiger partial charge in [-0.2, -0.15) is 5.26 Å². The quantitative estimate of drug-likeness (QED) is 0.881. The molecule has 5 heteroatoms. The lowest BCUT2D eigenvalue weighted by molar-refractivity contribution is 0.0927. The van der Waals surface area contributed by atoms with Crippen LogP contribution in [0.5, 0.6) is 0 Å². The highest BCUT2D eigenvalue weighted by molar-refractivity contribution is 5.94. The van der Waals surface area contributed by atoms with Crippen LogP contribution < -0.4 is 10.7 Å². The van der Waals surface area contributed by atoms with E-state index < -0.39 is 11.9 Å². The Kier molecular flexibility index (Phi) is 4.57. The molecule has 1 aliphatic carbocycles. The average Bonchev–Trinajstić information content (AvgIpc) is 2.45. The lowest BCUT2D eigenvalue weighted by Gasteiger charge is -2.26. The van der Waals surface area contributed by atoms with Gasteiger partial charge in [0.15, 0.2) is 5.43 Å². The van der Waals surface area contributed by atoms with Gasteiger partial charge in [0.25, 0.3) is 5.91 Å². The summed E-state index contributed by atoms with van der Waals surface area (Å²) in [5.74, 6) is -0.273. The van der Waals surface area contributed by atoms with Crippen molar-refractivity contribution in [3.05, 3.63) is 33.7 Å². The van der Waals surface area contributed by atoms with Gasteiger partial charge >= 0.3 is 0 Å². The molecule has 20 heavy (non-hydrogen) atoms. The molecule has 1 unspecified atom stereocenters. The van der Waals surface area contributed by atoms with Crippen LogP contribution in [0.25, 0.3) is 0 Å². The third kappa shape index (κ3) is 3.27. The largest absolute Gasteiger partial charge is 0.364 e. The first kappa shape index (κ1) is 14.3. The lowest BCUT2D eigenvalue weighted by Crippen LogP contribution is -2.41. The van der Waals surface area contributed by atoms with Crippen LogP contribution >= 0.6 is 0 Å². The Labute approximate surface area is 118 Å². The molecule has 1 heterocycles. The van der Waals surface area contributed by atoms with Gasteiger partial charge in [-0.25, -0.2) is 0 Å². The molecule has 5 nitrogen and oxygen atoms in total. The van der Waals surface area contributed by atoms with E-state index in [-0.39, 0.29) is 16.9 Å². The van der Waals surface area contributed by atoms with Crippen molar-refractivity contribution >= 4 is 5.91 Å². The first-order chi connectivity index (χ1) is 9.61. The summed E-state index contributed by atoms with van der Waals surface area (Å²) < 4.78 is 0. The minimum absolute atomic E-state index is 0.0617. The molecule has 106 valence electrons. The first-order valence-electron chi connectivity index (χ1n) is 7.01. The Bertz CT molecular complexity index is 580. The number of nitrogens with zero attached hydrogens (tertiary/aromatic N) is 1.